The largest absolute Gasteiger partial charge is 0.508 e. The minimum atomic E-state index is -1.52. The molecular weight excluding hydrogens is 1690 g/mol. The van der Waals surface area contributed by atoms with Gasteiger partial charge in [0, 0.05) is 153 Å². The number of rotatable bonds is 36. The van der Waals surface area contributed by atoms with Gasteiger partial charge in [-0.15, -0.1) is 19.7 Å². The number of aliphatic hydroxyl groups excluding tert-OH is 8. The Hall–Kier alpha value is -8.51. The molecule has 3 fully saturated rings. The van der Waals surface area contributed by atoms with Crippen molar-refractivity contribution in [3.8, 4) is 34.5 Å². The van der Waals surface area contributed by atoms with E-state index in [4.69, 9.17) is 56.8 Å². The van der Waals surface area contributed by atoms with Crippen molar-refractivity contribution in [1.29, 1.82) is 0 Å². The highest BCUT2D eigenvalue weighted by molar-refractivity contribution is 5.98. The molecule has 9 rings (SSSR count). The summed E-state index contributed by atoms with van der Waals surface area (Å²) in [6, 6.07) is 3.30. The first-order chi connectivity index (χ1) is 60.1. The first-order valence-electron chi connectivity index (χ1n) is 43.3. The Labute approximate surface area is 753 Å². The number of hydrogen-bond donors (Lipinski definition) is 17. The number of amides is 3. The van der Waals surface area contributed by atoms with Crippen LogP contribution in [0.3, 0.4) is 0 Å². The van der Waals surface area contributed by atoms with Crippen molar-refractivity contribution in [2.45, 2.75) is 322 Å². The van der Waals surface area contributed by atoms with Gasteiger partial charge in [-0.1, -0.05) is 79.0 Å². The van der Waals surface area contributed by atoms with E-state index in [2.05, 4.69) is 35.7 Å². The Bertz CT molecular complexity index is 4290. The molecule has 129 heavy (non-hydrogen) atoms. The molecule has 17 N–H and O–H groups in total. The molecule has 0 aromatic heterocycles. The van der Waals surface area contributed by atoms with Crippen molar-refractivity contribution in [2.24, 2.45) is 34.0 Å². The Morgan fingerprint density at radius 3 is 0.922 bits per heavy atom. The number of phenols is 6. The molecule has 0 spiro atoms. The third-order valence-electron chi connectivity index (χ3n) is 26.8. The van der Waals surface area contributed by atoms with Crippen LogP contribution in [0.15, 0.2) is 54.7 Å². The van der Waals surface area contributed by atoms with Crippen molar-refractivity contribution in [3.63, 3.8) is 0 Å². The highest BCUT2D eigenvalue weighted by atomic mass is 16.6. The molecule has 6 aliphatic rings. The van der Waals surface area contributed by atoms with E-state index in [-0.39, 0.29) is 134 Å². The zero-order valence-corrected chi connectivity index (χ0v) is 77.9. The topological polar surface area (TPSA) is 550 Å². The predicted octanol–water partition coefficient (Wildman–Crippen LogP) is 5.76. The summed E-state index contributed by atoms with van der Waals surface area (Å²) < 4.78 is 67.9. The van der Waals surface area contributed by atoms with E-state index in [1.165, 1.54) is 42.7 Å². The molecule has 6 heterocycles. The molecular formula is C93H139N3O33. The van der Waals surface area contributed by atoms with Gasteiger partial charge in [0.15, 0.2) is 37.0 Å². The highest BCUT2D eigenvalue weighted by Crippen LogP contribution is 2.47. The van der Waals surface area contributed by atoms with Crippen molar-refractivity contribution >= 4 is 41.4 Å². The fourth-order valence-corrected chi connectivity index (χ4v) is 17.3. The lowest BCUT2D eigenvalue weighted by Crippen LogP contribution is -2.59. The summed E-state index contributed by atoms with van der Waals surface area (Å²) in [5.74, 6) is -7.95. The fraction of sp³-hybridized carbons (Fsp3) is 0.667. The maximum absolute atomic E-state index is 13.3. The van der Waals surface area contributed by atoms with E-state index < -0.39 is 210 Å². The molecule has 0 aliphatic carbocycles. The number of fused-ring (bicyclic) bond motifs is 3. The summed E-state index contributed by atoms with van der Waals surface area (Å²) in [7, 11) is 8.23. The van der Waals surface area contributed by atoms with E-state index in [1.807, 2.05) is 27.7 Å². The molecule has 6 aliphatic heterocycles. The standard InChI is InChI=1S/2C31H47NO11.C31H45NO11/c3*1-14(2)9-22(40-7)27(37)28(38)32-29(41-8)23-13-24(36)31(5,6)25(42-23)12-19(34)16(4)21-10-17-15(3)18(33)11-20(35)26(17)30(39)43-21/h2*11,16,19,21-25,27,29,33-37H,1,9-10,12-13H2,2-8H3,(H,32,38);11,16,19,21-23,25,27,29,33-35,37H,1,9-10,12-13H2,2-8H3,(H,32,38)/t16-,19+,21-,22+,23+,24+,25-,27+,29+;16-,19+,21-,22+,23+,24-,25-,27+,29+;16-,19+,21-,22+,23+,25-,27+,29+/m111/s1. The van der Waals surface area contributed by atoms with Gasteiger partial charge in [0.2, 0.25) is 0 Å². The minimum Gasteiger partial charge on any atom is -0.508 e. The number of carbonyl (C=O) groups excluding carboxylic acids is 7. The first-order valence-corrected chi connectivity index (χ1v) is 43.3. The number of aliphatic hydroxyl groups is 8. The van der Waals surface area contributed by atoms with Gasteiger partial charge in [0.05, 0.1) is 67.1 Å². The number of hydrogen-bond acceptors (Lipinski definition) is 33. The number of carbonyl (C=O) groups is 7. The summed E-state index contributed by atoms with van der Waals surface area (Å²) >= 11 is 0. The molecule has 3 aromatic rings. The van der Waals surface area contributed by atoms with Crippen molar-refractivity contribution < 1.29 is 162 Å². The molecule has 0 radical (unpaired) electrons. The smallest absolute Gasteiger partial charge is 0.342 e. The molecule has 36 heteroatoms. The summed E-state index contributed by atoms with van der Waals surface area (Å²) in [6.07, 6.45) is -20.4. The molecule has 26 atom stereocenters. The van der Waals surface area contributed by atoms with Crippen LogP contribution in [0.2, 0.25) is 0 Å². The third kappa shape index (κ3) is 25.3. The van der Waals surface area contributed by atoms with Gasteiger partial charge in [-0.2, -0.15) is 0 Å². The number of benzene rings is 3. The van der Waals surface area contributed by atoms with Crippen LogP contribution < -0.4 is 16.0 Å². The molecule has 3 aromatic carbocycles. The van der Waals surface area contributed by atoms with Crippen LogP contribution in [0, 0.1) is 54.8 Å². The quantitative estimate of drug-likeness (QED) is 0.0142. The number of nitrogens with one attached hydrogen (secondary N) is 3. The first kappa shape index (κ1) is 108. The Balaban J connectivity index is 0.000000265. The van der Waals surface area contributed by atoms with E-state index in [0.29, 0.717) is 33.4 Å². The number of methoxy groups -OCH3 is 6. The number of cyclic esters (lactones) is 3. The third-order valence-corrected chi connectivity index (χ3v) is 26.8. The zero-order chi connectivity index (χ0) is 97.2. The summed E-state index contributed by atoms with van der Waals surface area (Å²) in [6.45, 7) is 37.4. The Morgan fingerprint density at radius 1 is 0.411 bits per heavy atom. The number of Topliss-reactive ketones (excluding diaryl/α,β-unsaturated/α-hetero) is 1. The van der Waals surface area contributed by atoms with Crippen LogP contribution in [0.1, 0.15) is 205 Å². The fourth-order valence-electron chi connectivity index (χ4n) is 17.3. The van der Waals surface area contributed by atoms with Gasteiger partial charge in [0.25, 0.3) is 17.7 Å². The van der Waals surface area contributed by atoms with Crippen LogP contribution >= 0.6 is 0 Å². The molecule has 0 bridgehead atoms. The van der Waals surface area contributed by atoms with Gasteiger partial charge >= 0.3 is 17.9 Å². The lowest BCUT2D eigenvalue weighted by atomic mass is 9.73. The molecule has 0 unspecified atom stereocenters. The number of ether oxygens (including phenoxy) is 12. The van der Waals surface area contributed by atoms with Gasteiger partial charge < -0.3 is 144 Å². The van der Waals surface area contributed by atoms with Crippen LogP contribution in [0.25, 0.3) is 0 Å². The van der Waals surface area contributed by atoms with Crippen molar-refractivity contribution in [2.75, 3.05) is 42.7 Å². The highest BCUT2D eigenvalue weighted by Gasteiger charge is 2.53. The zero-order valence-electron chi connectivity index (χ0n) is 77.9. The van der Waals surface area contributed by atoms with E-state index in [1.54, 1.807) is 76.2 Å². The Morgan fingerprint density at radius 2 is 0.667 bits per heavy atom. The summed E-state index contributed by atoms with van der Waals surface area (Å²) in [5, 5.41) is 157. The SMILES string of the molecule is C=C(C)C[C@H](OC)[C@H](O)C(=O)N[C@@H](OC)[C@@H]1CC(=O)C(C)(C)[C@@H](C[C@H](O)[C@@H](C)[C@H]2Cc3c(C)c(O)cc(O)c3C(=O)O2)O1.C=C(C)C[C@H](OC)[C@H](O)C(=O)N[C@@H](OC)[C@@H]1C[C@@H](O)C(C)(C)[C@@H](C[C@H](O)[C@@H](C)[C@H]2Cc3c(C)c(O)cc(O)c3C(=O)O2)O1.C=C(C)C[C@H](OC)[C@H](O)C(=O)N[C@@H](OC)[C@@H]1C[C@H](O)C(C)(C)[C@@H](C[C@H](O)[C@@H](C)[C@H]2Cc3c(C)c(O)cc(O)c3C(=O)O2)O1. The van der Waals surface area contributed by atoms with E-state index in [0.717, 1.165) is 34.9 Å². The number of ketones is 1. The lowest BCUT2D eigenvalue weighted by molar-refractivity contribution is -0.217. The molecule has 3 amide bonds. The molecule has 724 valence electrons. The number of esters is 3. The maximum Gasteiger partial charge on any atom is 0.342 e. The second-order valence-corrected chi connectivity index (χ2v) is 37.2. The van der Waals surface area contributed by atoms with Gasteiger partial charge in [-0.25, -0.2) is 14.4 Å². The van der Waals surface area contributed by atoms with Gasteiger partial charge in [0.1, 0.15) is 93.6 Å². The number of aromatic hydroxyl groups is 6. The monoisotopic (exact) mass is 1830 g/mol. The second kappa shape index (κ2) is 45.3. The van der Waals surface area contributed by atoms with Crippen LogP contribution in [0.4, 0.5) is 0 Å². The average molecular weight is 1830 g/mol. The summed E-state index contributed by atoms with van der Waals surface area (Å²) in [5.41, 5.74) is 2.31. The average Bonchev–Trinajstić information content (AvgIpc) is 0.773. The van der Waals surface area contributed by atoms with Gasteiger partial charge in [-0.3, -0.25) is 19.2 Å². The van der Waals surface area contributed by atoms with E-state index in [9.17, 15) is 105 Å². The normalized spacial score (nSPS) is 26.2. The molecule has 3 saturated heterocycles. The van der Waals surface area contributed by atoms with Crippen LogP contribution in [0.5, 0.6) is 34.5 Å². The van der Waals surface area contributed by atoms with Crippen LogP contribution in [-0.4, -0.2) is 296 Å². The van der Waals surface area contributed by atoms with E-state index >= 15 is 0 Å². The summed E-state index contributed by atoms with van der Waals surface area (Å²) in [4.78, 5) is 90.1. The lowest BCUT2D eigenvalue weighted by Gasteiger charge is -2.48. The van der Waals surface area contributed by atoms with Crippen LogP contribution in [-0.2, 0) is 95.3 Å². The second-order valence-electron chi connectivity index (χ2n) is 37.2. The maximum atomic E-state index is 13.3. The van der Waals surface area contributed by atoms with Crippen molar-refractivity contribution in [3.05, 3.63) is 105 Å². The number of phenolic OH excluding ortho intramolecular Hbond substituents is 6. The Kier molecular flexibility index (Phi) is 37.7. The minimum absolute atomic E-state index is 0.00104. The van der Waals surface area contributed by atoms with Gasteiger partial charge in [-0.05, 0) is 94.2 Å². The van der Waals surface area contributed by atoms with Crippen molar-refractivity contribution in [1.82, 2.24) is 16.0 Å². The predicted molar refractivity (Wildman–Crippen MR) is 465 cm³/mol. The molecule has 0 saturated carbocycles. The molecule has 36 nitrogen and oxygen atoms in total.